The highest BCUT2D eigenvalue weighted by molar-refractivity contribution is 6.32. The molecule has 2 aromatic carbocycles. The lowest BCUT2D eigenvalue weighted by Gasteiger charge is -2.35. The topological polar surface area (TPSA) is 58.2 Å². The number of rotatable bonds is 2. The SMILES string of the molecule is Bc1ccc2c(c1)CCc1cc(-c3cnc(C4C5CCC(C5)N4C(=O)OC(C)(C)C)[nH]3)ccc1-2. The highest BCUT2D eigenvalue weighted by Gasteiger charge is 2.51. The summed E-state index contributed by atoms with van der Waals surface area (Å²) in [5, 5.41) is 0. The summed E-state index contributed by atoms with van der Waals surface area (Å²) in [4.78, 5) is 23.4. The lowest BCUT2D eigenvalue weighted by molar-refractivity contribution is 0.00620. The zero-order chi connectivity index (χ0) is 23.6. The van der Waals surface area contributed by atoms with E-state index < -0.39 is 5.60 Å². The quantitative estimate of drug-likeness (QED) is 0.579. The van der Waals surface area contributed by atoms with E-state index in [0.29, 0.717) is 5.92 Å². The van der Waals surface area contributed by atoms with Gasteiger partial charge in [-0.2, -0.15) is 0 Å². The van der Waals surface area contributed by atoms with Crippen LogP contribution in [-0.2, 0) is 17.6 Å². The number of benzene rings is 2. The first-order valence-electron chi connectivity index (χ1n) is 12.6. The third-order valence-electron chi connectivity index (χ3n) is 7.70. The number of nitrogens with zero attached hydrogens (tertiary/aromatic N) is 2. The van der Waals surface area contributed by atoms with Crippen molar-refractivity contribution in [2.75, 3.05) is 0 Å². The molecule has 2 aliphatic carbocycles. The first kappa shape index (κ1) is 21.5. The number of imidazole rings is 1. The number of nitrogens with one attached hydrogen (secondary N) is 1. The number of H-pyrrole nitrogens is 1. The van der Waals surface area contributed by atoms with Crippen LogP contribution in [0.3, 0.4) is 0 Å². The molecule has 174 valence electrons. The van der Waals surface area contributed by atoms with E-state index >= 15 is 0 Å². The molecule has 0 radical (unpaired) electrons. The predicted molar refractivity (Wildman–Crippen MR) is 137 cm³/mol. The van der Waals surface area contributed by atoms with Crippen molar-refractivity contribution >= 4 is 19.4 Å². The van der Waals surface area contributed by atoms with Gasteiger partial charge in [-0.15, -0.1) is 0 Å². The minimum atomic E-state index is -0.502. The van der Waals surface area contributed by atoms with Crippen molar-refractivity contribution in [1.29, 1.82) is 0 Å². The highest BCUT2D eigenvalue weighted by Crippen LogP contribution is 2.50. The van der Waals surface area contributed by atoms with Gasteiger partial charge in [0.15, 0.2) is 0 Å². The summed E-state index contributed by atoms with van der Waals surface area (Å²) < 4.78 is 5.76. The number of likely N-dealkylation sites (tertiary alicyclic amines) is 1. The molecular weight excluding hydrogens is 421 g/mol. The van der Waals surface area contributed by atoms with Crippen molar-refractivity contribution < 1.29 is 9.53 Å². The highest BCUT2D eigenvalue weighted by atomic mass is 16.6. The van der Waals surface area contributed by atoms with Crippen molar-refractivity contribution in [2.24, 2.45) is 5.92 Å². The molecule has 34 heavy (non-hydrogen) atoms. The number of aromatic nitrogens is 2. The Labute approximate surface area is 202 Å². The third-order valence-corrected chi connectivity index (χ3v) is 7.70. The molecule has 2 bridgehead atoms. The number of hydrogen-bond acceptors (Lipinski definition) is 3. The van der Waals surface area contributed by atoms with Crippen LogP contribution < -0.4 is 5.46 Å². The molecule has 2 heterocycles. The number of fused-ring (bicyclic) bond motifs is 5. The van der Waals surface area contributed by atoms with Crippen LogP contribution in [0.25, 0.3) is 22.4 Å². The Morgan fingerprint density at radius 1 is 1.09 bits per heavy atom. The lowest BCUT2D eigenvalue weighted by atomic mass is 9.81. The van der Waals surface area contributed by atoms with Crippen LogP contribution in [0.2, 0.25) is 0 Å². The van der Waals surface area contributed by atoms with E-state index in [4.69, 9.17) is 9.72 Å². The van der Waals surface area contributed by atoms with Crippen LogP contribution in [-0.4, -0.2) is 40.5 Å². The fourth-order valence-electron chi connectivity index (χ4n) is 6.24. The van der Waals surface area contributed by atoms with Gasteiger partial charge in [-0.3, -0.25) is 4.90 Å². The van der Waals surface area contributed by atoms with Crippen LogP contribution in [0.4, 0.5) is 4.79 Å². The molecule has 6 rings (SSSR count). The zero-order valence-electron chi connectivity index (χ0n) is 20.5. The normalized spacial score (nSPS) is 23.0. The minimum Gasteiger partial charge on any atom is -0.444 e. The van der Waals surface area contributed by atoms with Crippen LogP contribution in [0.1, 0.15) is 63.0 Å². The van der Waals surface area contributed by atoms with Crippen LogP contribution in [0, 0.1) is 5.92 Å². The number of piperidine rings is 1. The molecule has 3 atom stereocenters. The molecule has 1 aromatic heterocycles. The molecule has 0 spiro atoms. The van der Waals surface area contributed by atoms with E-state index in [9.17, 15) is 4.79 Å². The maximum Gasteiger partial charge on any atom is 0.411 e. The molecule has 1 saturated carbocycles. The number of hydrogen-bond donors (Lipinski definition) is 1. The molecule has 5 nitrogen and oxygen atoms in total. The van der Waals surface area contributed by atoms with Gasteiger partial charge in [0.25, 0.3) is 0 Å². The number of ether oxygens (including phenoxy) is 1. The number of carbonyl (C=O) groups excluding carboxylic acids is 1. The standard InChI is InChI=1S/C28H32BN3O2/c1-28(2,3)34-27(33)32-21-9-6-19(14-21)25(32)26-30-15-24(31-26)18-7-10-22-16(12-18)4-5-17-13-20(29)8-11-23(17)22/h7-8,10-13,15,19,21,25H,4-6,9,14,29H2,1-3H3,(H,30,31). The Morgan fingerprint density at radius 3 is 2.59 bits per heavy atom. The van der Waals surface area contributed by atoms with E-state index in [1.165, 1.54) is 27.7 Å². The van der Waals surface area contributed by atoms with Gasteiger partial charge < -0.3 is 9.72 Å². The Bertz CT molecular complexity index is 1270. The van der Waals surface area contributed by atoms with Gasteiger partial charge in [0, 0.05) is 6.04 Å². The summed E-state index contributed by atoms with van der Waals surface area (Å²) in [5.74, 6) is 1.33. The molecule has 1 amide bonds. The van der Waals surface area contributed by atoms with Gasteiger partial charge >= 0.3 is 6.09 Å². The smallest absolute Gasteiger partial charge is 0.411 e. The fourth-order valence-corrected chi connectivity index (χ4v) is 6.24. The second-order valence-corrected chi connectivity index (χ2v) is 11.3. The summed E-state index contributed by atoms with van der Waals surface area (Å²) >= 11 is 0. The van der Waals surface area contributed by atoms with Crippen molar-refractivity contribution in [3.05, 3.63) is 59.5 Å². The third kappa shape index (κ3) is 3.64. The Kier molecular flexibility index (Phi) is 4.91. The van der Waals surface area contributed by atoms with Crippen LogP contribution in [0.5, 0.6) is 0 Å². The maximum absolute atomic E-state index is 13.1. The van der Waals surface area contributed by atoms with Crippen molar-refractivity contribution in [2.45, 2.75) is 70.6 Å². The van der Waals surface area contributed by atoms with E-state index in [2.05, 4.69) is 49.2 Å². The van der Waals surface area contributed by atoms with E-state index in [0.717, 1.165) is 49.2 Å². The van der Waals surface area contributed by atoms with Gasteiger partial charge in [-0.05, 0) is 92.7 Å². The largest absolute Gasteiger partial charge is 0.444 e. The number of carbonyl (C=O) groups is 1. The molecule has 2 fully saturated rings. The molecule has 3 unspecified atom stereocenters. The summed E-state index contributed by atoms with van der Waals surface area (Å²) in [6.07, 6.45) is 7.08. The van der Waals surface area contributed by atoms with Gasteiger partial charge in [0.1, 0.15) is 19.3 Å². The molecule has 6 heteroatoms. The second kappa shape index (κ2) is 7.76. The molecule has 1 aliphatic heterocycles. The van der Waals surface area contributed by atoms with Crippen LogP contribution >= 0.6 is 0 Å². The zero-order valence-corrected chi connectivity index (χ0v) is 20.5. The molecule has 1 saturated heterocycles. The van der Waals surface area contributed by atoms with Crippen LogP contribution in [0.15, 0.2) is 42.6 Å². The van der Waals surface area contributed by atoms with Gasteiger partial charge in [0.05, 0.1) is 17.9 Å². The molecule has 3 aliphatic rings. The van der Waals surface area contributed by atoms with E-state index in [-0.39, 0.29) is 18.2 Å². The number of aromatic amines is 1. The fraction of sp³-hybridized carbons (Fsp3) is 0.429. The first-order chi connectivity index (χ1) is 16.3. The molecule has 3 aromatic rings. The molecule has 1 N–H and O–H groups in total. The Hall–Kier alpha value is -3.02. The van der Waals surface area contributed by atoms with Crippen molar-refractivity contribution in [3.8, 4) is 22.4 Å². The number of amides is 1. The number of aryl methyl sites for hydroxylation is 2. The minimum absolute atomic E-state index is 0.0323. The lowest BCUT2D eigenvalue weighted by Crippen LogP contribution is -2.43. The first-order valence-corrected chi connectivity index (χ1v) is 12.6. The van der Waals surface area contributed by atoms with E-state index in [1.54, 1.807) is 0 Å². The predicted octanol–water partition coefficient (Wildman–Crippen LogP) is 4.56. The summed E-state index contributed by atoms with van der Waals surface area (Å²) in [6.45, 7) is 5.78. The summed E-state index contributed by atoms with van der Waals surface area (Å²) in [7, 11) is 2.16. The average Bonchev–Trinajstić information content (AvgIpc) is 3.53. The molecular formula is C28H32BN3O2. The summed E-state index contributed by atoms with van der Waals surface area (Å²) in [6, 6.07) is 13.8. The van der Waals surface area contributed by atoms with E-state index in [1.807, 2.05) is 31.9 Å². The Balaban J connectivity index is 1.29. The van der Waals surface area contributed by atoms with Gasteiger partial charge in [0.2, 0.25) is 0 Å². The second-order valence-electron chi connectivity index (χ2n) is 11.3. The van der Waals surface area contributed by atoms with Gasteiger partial charge in [-0.1, -0.05) is 35.8 Å². The van der Waals surface area contributed by atoms with Crippen molar-refractivity contribution in [3.63, 3.8) is 0 Å². The monoisotopic (exact) mass is 453 g/mol. The average molecular weight is 453 g/mol. The summed E-state index contributed by atoms with van der Waals surface area (Å²) in [5.41, 5.74) is 8.53. The van der Waals surface area contributed by atoms with Crippen molar-refractivity contribution in [1.82, 2.24) is 14.9 Å². The Morgan fingerprint density at radius 2 is 1.82 bits per heavy atom. The van der Waals surface area contributed by atoms with Gasteiger partial charge in [-0.25, -0.2) is 9.78 Å². The maximum atomic E-state index is 13.1.